The van der Waals surface area contributed by atoms with Crippen molar-refractivity contribution in [2.24, 2.45) is 0 Å². The summed E-state index contributed by atoms with van der Waals surface area (Å²) in [5.41, 5.74) is 1.16. The lowest BCUT2D eigenvalue weighted by Crippen LogP contribution is -2.10. The van der Waals surface area contributed by atoms with E-state index in [1.54, 1.807) is 42.5 Å². The third-order valence-corrected chi connectivity index (χ3v) is 5.09. The van der Waals surface area contributed by atoms with Crippen molar-refractivity contribution >= 4 is 38.4 Å². The Morgan fingerprint density at radius 1 is 1.11 bits per heavy atom. The van der Waals surface area contributed by atoms with Crippen LogP contribution in [0.1, 0.15) is 5.56 Å². The molecular weight excluding hydrogens is 447 g/mol. The molecule has 0 unspecified atom stereocenters. The van der Waals surface area contributed by atoms with Crippen LogP contribution in [0.15, 0.2) is 69.9 Å². The quantitative estimate of drug-likeness (QED) is 0.424. The molecule has 0 saturated carbocycles. The van der Waals surface area contributed by atoms with E-state index < -0.39 is 5.82 Å². The molecule has 0 aliphatic rings. The van der Waals surface area contributed by atoms with Gasteiger partial charge in [0.15, 0.2) is 0 Å². The van der Waals surface area contributed by atoms with Gasteiger partial charge in [0.25, 0.3) is 5.56 Å². The summed E-state index contributed by atoms with van der Waals surface area (Å²) in [6, 6.07) is 16.9. The molecule has 28 heavy (non-hydrogen) atoms. The van der Waals surface area contributed by atoms with Crippen LogP contribution in [0.5, 0.6) is 5.75 Å². The van der Waals surface area contributed by atoms with Gasteiger partial charge in [-0.1, -0.05) is 45.7 Å². The van der Waals surface area contributed by atoms with Crippen molar-refractivity contribution in [2.75, 3.05) is 0 Å². The first kappa shape index (κ1) is 18.7. The van der Waals surface area contributed by atoms with Gasteiger partial charge >= 0.3 is 0 Å². The Bertz CT molecular complexity index is 1220. The summed E-state index contributed by atoms with van der Waals surface area (Å²) in [4.78, 5) is 19.8. The molecule has 0 fully saturated rings. The predicted octanol–water partition coefficient (Wildman–Crippen LogP) is 5.72. The number of ether oxygens (including phenoxy) is 1. The van der Waals surface area contributed by atoms with E-state index in [1.165, 1.54) is 12.1 Å². The van der Waals surface area contributed by atoms with E-state index in [-0.39, 0.29) is 22.8 Å². The molecule has 1 aromatic heterocycles. The molecule has 0 atom stereocenters. The maximum absolute atomic E-state index is 14.0. The first-order valence-corrected chi connectivity index (χ1v) is 9.55. The number of aromatic nitrogens is 2. The van der Waals surface area contributed by atoms with Gasteiger partial charge in [-0.05, 0) is 42.5 Å². The Labute approximate surface area is 173 Å². The minimum atomic E-state index is -0.441. The number of para-hydroxylation sites is 1. The van der Waals surface area contributed by atoms with Gasteiger partial charge < -0.3 is 9.72 Å². The van der Waals surface area contributed by atoms with E-state index in [0.717, 1.165) is 4.47 Å². The maximum Gasteiger partial charge on any atom is 0.259 e. The third-order valence-electron chi connectivity index (χ3n) is 4.24. The molecular formula is C21H13BrClFN2O2. The summed E-state index contributed by atoms with van der Waals surface area (Å²) in [6.07, 6.45) is 0. The summed E-state index contributed by atoms with van der Waals surface area (Å²) in [5.74, 6) is 0.365. The van der Waals surface area contributed by atoms with Crippen molar-refractivity contribution in [3.63, 3.8) is 0 Å². The molecule has 4 nitrogen and oxygen atoms in total. The highest BCUT2D eigenvalue weighted by Gasteiger charge is 2.14. The second kappa shape index (κ2) is 7.73. The fraction of sp³-hybridized carbons (Fsp3) is 0.0476. The number of benzene rings is 3. The van der Waals surface area contributed by atoms with Crippen LogP contribution >= 0.6 is 27.5 Å². The summed E-state index contributed by atoms with van der Waals surface area (Å²) in [5, 5.41) is 0.790. The highest BCUT2D eigenvalue weighted by Crippen LogP contribution is 2.32. The van der Waals surface area contributed by atoms with E-state index in [4.69, 9.17) is 16.3 Å². The minimum Gasteiger partial charge on any atom is -0.488 e. The van der Waals surface area contributed by atoms with Gasteiger partial charge in [-0.3, -0.25) is 4.79 Å². The SMILES string of the molecule is O=c1[nH]c(-c2cc(Br)ccc2OCc2c(F)cccc2Cl)nc2ccccc12. The van der Waals surface area contributed by atoms with E-state index in [2.05, 4.69) is 25.9 Å². The summed E-state index contributed by atoms with van der Waals surface area (Å²) in [6.45, 7) is -0.0576. The van der Waals surface area contributed by atoms with Crippen LogP contribution in [0.4, 0.5) is 4.39 Å². The van der Waals surface area contributed by atoms with Gasteiger partial charge in [0.1, 0.15) is 24.0 Å². The number of hydrogen-bond acceptors (Lipinski definition) is 3. The normalized spacial score (nSPS) is 11.0. The molecule has 0 aliphatic heterocycles. The molecule has 0 amide bonds. The lowest BCUT2D eigenvalue weighted by Gasteiger charge is -2.13. The third kappa shape index (κ3) is 3.66. The molecule has 0 spiro atoms. The van der Waals surface area contributed by atoms with Gasteiger partial charge in [0.05, 0.1) is 21.5 Å². The Hall–Kier alpha value is -2.70. The maximum atomic E-state index is 14.0. The largest absolute Gasteiger partial charge is 0.488 e. The van der Waals surface area contributed by atoms with Gasteiger partial charge in [0.2, 0.25) is 0 Å². The van der Waals surface area contributed by atoms with Crippen molar-refractivity contribution in [3.05, 3.63) is 91.9 Å². The number of H-pyrrole nitrogens is 1. The number of aromatic amines is 1. The van der Waals surface area contributed by atoms with Crippen LogP contribution in [-0.4, -0.2) is 9.97 Å². The fourth-order valence-corrected chi connectivity index (χ4v) is 3.43. The van der Waals surface area contributed by atoms with Gasteiger partial charge in [-0.15, -0.1) is 0 Å². The van der Waals surface area contributed by atoms with Crippen LogP contribution in [-0.2, 0) is 6.61 Å². The van der Waals surface area contributed by atoms with Crippen LogP contribution in [0.2, 0.25) is 5.02 Å². The van der Waals surface area contributed by atoms with Crippen molar-refractivity contribution < 1.29 is 9.13 Å². The Balaban J connectivity index is 1.76. The van der Waals surface area contributed by atoms with Crippen LogP contribution in [0.3, 0.4) is 0 Å². The smallest absolute Gasteiger partial charge is 0.259 e. The molecule has 3 aromatic carbocycles. The molecule has 0 aliphatic carbocycles. The second-order valence-electron chi connectivity index (χ2n) is 6.06. The number of fused-ring (bicyclic) bond motifs is 1. The average Bonchev–Trinajstić information content (AvgIpc) is 2.68. The molecule has 1 N–H and O–H groups in total. The first-order chi connectivity index (χ1) is 13.5. The number of nitrogens with zero attached hydrogens (tertiary/aromatic N) is 1. The summed E-state index contributed by atoms with van der Waals surface area (Å²) >= 11 is 9.50. The standard InChI is InChI=1S/C21H13BrClFN2O2/c22-12-8-9-19(28-11-15-16(23)5-3-6-17(15)24)14(10-12)20-25-18-7-2-1-4-13(18)21(27)26-20/h1-10H,11H2,(H,25,26,27). The lowest BCUT2D eigenvalue weighted by molar-refractivity contribution is 0.301. The van der Waals surface area contributed by atoms with Crippen molar-refractivity contribution in [1.82, 2.24) is 9.97 Å². The number of halogens is 3. The monoisotopic (exact) mass is 458 g/mol. The van der Waals surface area contributed by atoms with E-state index in [1.807, 2.05) is 6.07 Å². The topological polar surface area (TPSA) is 55.0 Å². The summed E-state index contributed by atoms with van der Waals surface area (Å²) in [7, 11) is 0. The molecule has 0 saturated heterocycles. The highest BCUT2D eigenvalue weighted by molar-refractivity contribution is 9.10. The van der Waals surface area contributed by atoms with E-state index in [9.17, 15) is 9.18 Å². The number of nitrogens with one attached hydrogen (secondary N) is 1. The van der Waals surface area contributed by atoms with Gasteiger partial charge in [0, 0.05) is 10.0 Å². The second-order valence-corrected chi connectivity index (χ2v) is 7.38. The molecule has 140 valence electrons. The van der Waals surface area contributed by atoms with E-state index >= 15 is 0 Å². The van der Waals surface area contributed by atoms with Crippen LogP contribution in [0.25, 0.3) is 22.3 Å². The Kier molecular flexibility index (Phi) is 5.15. The molecule has 7 heteroatoms. The average molecular weight is 460 g/mol. The van der Waals surface area contributed by atoms with Crippen molar-refractivity contribution in [2.45, 2.75) is 6.61 Å². The number of rotatable bonds is 4. The Morgan fingerprint density at radius 2 is 1.93 bits per heavy atom. The lowest BCUT2D eigenvalue weighted by atomic mass is 10.1. The van der Waals surface area contributed by atoms with Gasteiger partial charge in [-0.2, -0.15) is 0 Å². The zero-order valence-corrected chi connectivity index (χ0v) is 16.7. The highest BCUT2D eigenvalue weighted by atomic mass is 79.9. The molecule has 1 heterocycles. The van der Waals surface area contributed by atoms with Crippen LogP contribution < -0.4 is 10.3 Å². The predicted molar refractivity (Wildman–Crippen MR) is 111 cm³/mol. The molecule has 0 radical (unpaired) electrons. The Morgan fingerprint density at radius 3 is 2.75 bits per heavy atom. The molecule has 4 rings (SSSR count). The first-order valence-electron chi connectivity index (χ1n) is 8.37. The zero-order valence-electron chi connectivity index (χ0n) is 14.4. The van der Waals surface area contributed by atoms with E-state index in [0.29, 0.717) is 28.0 Å². The molecule has 4 aromatic rings. The van der Waals surface area contributed by atoms with Crippen molar-refractivity contribution in [1.29, 1.82) is 0 Å². The zero-order chi connectivity index (χ0) is 19.7. The van der Waals surface area contributed by atoms with Gasteiger partial charge in [-0.25, -0.2) is 9.37 Å². The molecule has 0 bridgehead atoms. The number of hydrogen-bond donors (Lipinski definition) is 1. The van der Waals surface area contributed by atoms with Crippen molar-refractivity contribution in [3.8, 4) is 17.1 Å². The van der Waals surface area contributed by atoms with Crippen LogP contribution in [0, 0.1) is 5.82 Å². The summed E-state index contributed by atoms with van der Waals surface area (Å²) < 4.78 is 20.7. The minimum absolute atomic E-state index is 0.0576. The fourth-order valence-electron chi connectivity index (χ4n) is 2.85.